The van der Waals surface area contributed by atoms with Gasteiger partial charge >= 0.3 is 6.03 Å². The summed E-state index contributed by atoms with van der Waals surface area (Å²) in [6.45, 7) is 1.07. The Balaban J connectivity index is 1.63. The number of amides is 2. The lowest BCUT2D eigenvalue weighted by Crippen LogP contribution is -2.35. The first-order valence-corrected chi connectivity index (χ1v) is 9.98. The molecular weight excluding hydrogens is 393 g/mol. The summed E-state index contributed by atoms with van der Waals surface area (Å²) in [6.07, 6.45) is 4.19. The number of halogens is 2. The van der Waals surface area contributed by atoms with E-state index in [4.69, 9.17) is 11.6 Å². The summed E-state index contributed by atoms with van der Waals surface area (Å²) >= 11 is 6.02. The number of aryl methyl sites for hydroxylation is 1. The highest BCUT2D eigenvalue weighted by Gasteiger charge is 2.22. The molecule has 3 aromatic rings. The molecule has 0 bridgehead atoms. The number of urea groups is 1. The zero-order chi connectivity index (χ0) is 20.2. The summed E-state index contributed by atoms with van der Waals surface area (Å²) < 4.78 is 15.5. The van der Waals surface area contributed by atoms with Crippen LogP contribution in [0, 0.1) is 5.82 Å². The Morgan fingerprint density at radius 1 is 1.14 bits per heavy atom. The molecule has 1 aromatic heterocycles. The summed E-state index contributed by atoms with van der Waals surface area (Å²) in [6, 6.07) is 12.4. The van der Waals surface area contributed by atoms with Crippen molar-refractivity contribution in [3.63, 3.8) is 0 Å². The largest absolute Gasteiger partial charge is 0.326 e. The van der Waals surface area contributed by atoms with E-state index in [2.05, 4.69) is 20.1 Å². The van der Waals surface area contributed by atoms with E-state index in [9.17, 15) is 9.18 Å². The van der Waals surface area contributed by atoms with Gasteiger partial charge in [-0.1, -0.05) is 24.1 Å². The molecule has 0 aliphatic carbocycles. The number of hydrogen-bond donors (Lipinski definition) is 1. The minimum atomic E-state index is -0.361. The number of carbonyl (C=O) groups excluding carboxylic acids is 1. The van der Waals surface area contributed by atoms with Gasteiger partial charge in [-0.2, -0.15) is 0 Å². The molecule has 6 nitrogen and oxygen atoms in total. The second-order valence-electron chi connectivity index (χ2n) is 7.00. The average Bonchev–Trinajstić information content (AvgIpc) is 2.93. The zero-order valence-corrected chi connectivity index (χ0v) is 16.6. The van der Waals surface area contributed by atoms with Gasteiger partial charge in [-0.15, -0.1) is 10.2 Å². The van der Waals surface area contributed by atoms with Gasteiger partial charge < -0.3 is 9.88 Å². The van der Waals surface area contributed by atoms with Crippen LogP contribution in [0.3, 0.4) is 0 Å². The molecule has 2 amide bonds. The van der Waals surface area contributed by atoms with Crippen LogP contribution in [0.5, 0.6) is 0 Å². The molecule has 0 unspecified atom stereocenters. The predicted molar refractivity (Wildman–Crippen MR) is 111 cm³/mol. The predicted octanol–water partition coefficient (Wildman–Crippen LogP) is 5.04. The molecule has 8 heteroatoms. The van der Waals surface area contributed by atoms with Crippen molar-refractivity contribution in [2.75, 3.05) is 10.2 Å². The molecule has 1 aliphatic heterocycles. The number of anilines is 2. The van der Waals surface area contributed by atoms with Gasteiger partial charge in [0.25, 0.3) is 0 Å². The van der Waals surface area contributed by atoms with Crippen LogP contribution in [-0.2, 0) is 19.5 Å². The molecule has 0 fully saturated rings. The Labute approximate surface area is 173 Å². The maximum absolute atomic E-state index is 13.4. The van der Waals surface area contributed by atoms with E-state index in [0.717, 1.165) is 38.1 Å². The third kappa shape index (κ3) is 4.56. The van der Waals surface area contributed by atoms with E-state index < -0.39 is 0 Å². The van der Waals surface area contributed by atoms with Gasteiger partial charge in [0.2, 0.25) is 0 Å². The SMILES string of the molecule is O=C(Nc1cccc(Cl)c1)N(Cc1nnc2n1CCCCC2)c1ccc(F)cc1. The highest BCUT2D eigenvalue weighted by Crippen LogP contribution is 2.22. The van der Waals surface area contributed by atoms with Gasteiger partial charge in [0, 0.05) is 29.4 Å². The maximum atomic E-state index is 13.4. The molecular formula is C21H21ClFN5O. The van der Waals surface area contributed by atoms with Crippen LogP contribution in [0.15, 0.2) is 48.5 Å². The number of hydrogen-bond acceptors (Lipinski definition) is 3. The summed E-state index contributed by atoms with van der Waals surface area (Å²) in [5.41, 5.74) is 1.14. The van der Waals surface area contributed by atoms with Crippen molar-refractivity contribution < 1.29 is 9.18 Å². The number of benzene rings is 2. The monoisotopic (exact) mass is 413 g/mol. The molecule has 0 spiro atoms. The van der Waals surface area contributed by atoms with E-state index in [1.54, 1.807) is 36.4 Å². The fourth-order valence-corrected chi connectivity index (χ4v) is 3.65. The van der Waals surface area contributed by atoms with Crippen molar-refractivity contribution in [3.8, 4) is 0 Å². The summed E-state index contributed by atoms with van der Waals surface area (Å²) in [5, 5.41) is 12.0. The first-order chi connectivity index (χ1) is 14.1. The van der Waals surface area contributed by atoms with Crippen LogP contribution < -0.4 is 10.2 Å². The van der Waals surface area contributed by atoms with Gasteiger partial charge in [0.15, 0.2) is 5.82 Å². The smallest absolute Gasteiger partial charge is 0.313 e. The van der Waals surface area contributed by atoms with Gasteiger partial charge in [0.1, 0.15) is 11.6 Å². The average molecular weight is 414 g/mol. The maximum Gasteiger partial charge on any atom is 0.326 e. The van der Waals surface area contributed by atoms with Gasteiger partial charge in [0.05, 0.1) is 6.54 Å². The lowest BCUT2D eigenvalue weighted by atomic mass is 10.2. The Kier molecular flexibility index (Phi) is 5.76. The van der Waals surface area contributed by atoms with Gasteiger partial charge in [-0.25, -0.2) is 9.18 Å². The van der Waals surface area contributed by atoms with E-state index >= 15 is 0 Å². The van der Waals surface area contributed by atoms with E-state index in [1.807, 2.05) is 0 Å². The molecule has 1 N–H and O–H groups in total. The second-order valence-corrected chi connectivity index (χ2v) is 7.43. The Hall–Kier alpha value is -2.93. The second kappa shape index (κ2) is 8.61. The fraction of sp³-hybridized carbons (Fsp3) is 0.286. The van der Waals surface area contributed by atoms with E-state index in [1.165, 1.54) is 17.0 Å². The van der Waals surface area contributed by atoms with Crippen molar-refractivity contribution >= 4 is 29.0 Å². The molecule has 0 saturated heterocycles. The molecule has 2 heterocycles. The molecule has 4 rings (SSSR count). The normalized spacial score (nSPS) is 13.4. The number of rotatable bonds is 4. The van der Waals surface area contributed by atoms with Crippen LogP contribution in [0.1, 0.15) is 30.9 Å². The topological polar surface area (TPSA) is 63.1 Å². The first-order valence-electron chi connectivity index (χ1n) is 9.61. The quantitative estimate of drug-likeness (QED) is 0.652. The Morgan fingerprint density at radius 3 is 2.76 bits per heavy atom. The summed E-state index contributed by atoms with van der Waals surface area (Å²) in [5.74, 6) is 1.31. The fourth-order valence-electron chi connectivity index (χ4n) is 3.46. The van der Waals surface area contributed by atoms with Crippen LogP contribution in [0.2, 0.25) is 5.02 Å². The third-order valence-corrected chi connectivity index (χ3v) is 5.18. The molecule has 29 heavy (non-hydrogen) atoms. The first kappa shape index (κ1) is 19.4. The Bertz CT molecular complexity index is 1000. The molecule has 1 aliphatic rings. The number of aromatic nitrogens is 3. The van der Waals surface area contributed by atoms with E-state index in [0.29, 0.717) is 22.2 Å². The Morgan fingerprint density at radius 2 is 1.97 bits per heavy atom. The highest BCUT2D eigenvalue weighted by atomic mass is 35.5. The van der Waals surface area contributed by atoms with Crippen LogP contribution in [-0.4, -0.2) is 20.8 Å². The van der Waals surface area contributed by atoms with Crippen molar-refractivity contribution in [1.82, 2.24) is 14.8 Å². The number of nitrogens with one attached hydrogen (secondary N) is 1. The third-order valence-electron chi connectivity index (χ3n) is 4.94. The van der Waals surface area contributed by atoms with Gasteiger partial charge in [-0.05, 0) is 55.3 Å². The van der Waals surface area contributed by atoms with E-state index in [-0.39, 0.29) is 18.4 Å². The summed E-state index contributed by atoms with van der Waals surface area (Å²) in [4.78, 5) is 14.6. The zero-order valence-electron chi connectivity index (χ0n) is 15.8. The van der Waals surface area contributed by atoms with Crippen molar-refractivity contribution in [1.29, 1.82) is 0 Å². The number of nitrogens with zero attached hydrogens (tertiary/aromatic N) is 4. The molecule has 2 aromatic carbocycles. The van der Waals surface area contributed by atoms with Crippen LogP contribution in [0.4, 0.5) is 20.6 Å². The van der Waals surface area contributed by atoms with Crippen molar-refractivity contribution in [2.45, 2.75) is 38.8 Å². The standard InChI is InChI=1S/C21H21ClFN5O/c22-15-5-4-6-17(13-15)24-21(29)28(18-10-8-16(23)9-11-18)14-20-26-25-19-7-2-1-3-12-27(19)20/h4-6,8-11,13H,1-3,7,12,14H2,(H,24,29). The lowest BCUT2D eigenvalue weighted by Gasteiger charge is -2.23. The van der Waals surface area contributed by atoms with Crippen LogP contribution in [0.25, 0.3) is 0 Å². The number of carbonyl (C=O) groups is 1. The van der Waals surface area contributed by atoms with Crippen molar-refractivity contribution in [3.05, 3.63) is 71.0 Å². The molecule has 150 valence electrons. The number of fused-ring (bicyclic) bond motifs is 1. The van der Waals surface area contributed by atoms with Gasteiger partial charge in [-0.3, -0.25) is 4.90 Å². The van der Waals surface area contributed by atoms with Crippen molar-refractivity contribution in [2.24, 2.45) is 0 Å². The highest BCUT2D eigenvalue weighted by molar-refractivity contribution is 6.30. The lowest BCUT2D eigenvalue weighted by molar-refractivity contribution is 0.256. The minimum Gasteiger partial charge on any atom is -0.313 e. The van der Waals surface area contributed by atoms with Crippen LogP contribution >= 0.6 is 11.6 Å². The molecule has 0 atom stereocenters. The minimum absolute atomic E-state index is 0.227. The summed E-state index contributed by atoms with van der Waals surface area (Å²) in [7, 11) is 0. The molecule has 0 saturated carbocycles. The molecule has 0 radical (unpaired) electrons.